The number of hydrogen-bond donors (Lipinski definition) is 1. The summed E-state index contributed by atoms with van der Waals surface area (Å²) in [5.41, 5.74) is 1.06. The van der Waals surface area contributed by atoms with Crippen molar-refractivity contribution in [1.29, 1.82) is 0 Å². The van der Waals surface area contributed by atoms with Crippen molar-refractivity contribution in [2.75, 3.05) is 5.32 Å². The third-order valence-corrected chi connectivity index (χ3v) is 2.08. The Morgan fingerprint density at radius 1 is 1.29 bits per heavy atom. The predicted molar refractivity (Wildman–Crippen MR) is 63.4 cm³/mol. The van der Waals surface area contributed by atoms with E-state index in [0.29, 0.717) is 0 Å². The smallest absolute Gasteiger partial charge is 0.0407 e. The van der Waals surface area contributed by atoms with Gasteiger partial charge < -0.3 is 5.32 Å². The Labute approximate surface area is 90.8 Å². The molecule has 0 aliphatic heterocycles. The second kappa shape index (κ2) is 6.50. The third kappa shape index (κ3) is 4.33. The third-order valence-electron chi connectivity index (χ3n) is 1.83. The van der Waals surface area contributed by atoms with Crippen molar-refractivity contribution in [3.63, 3.8) is 0 Å². The van der Waals surface area contributed by atoms with E-state index in [9.17, 15) is 0 Å². The van der Waals surface area contributed by atoms with Crippen LogP contribution >= 0.6 is 11.6 Å². The van der Waals surface area contributed by atoms with Crippen LogP contribution in [0.5, 0.6) is 0 Å². The van der Waals surface area contributed by atoms with Gasteiger partial charge in [0, 0.05) is 10.7 Å². The van der Waals surface area contributed by atoms with Gasteiger partial charge in [-0.1, -0.05) is 31.0 Å². The van der Waals surface area contributed by atoms with Crippen LogP contribution in [0.25, 0.3) is 0 Å². The van der Waals surface area contributed by atoms with E-state index >= 15 is 0 Å². The first-order chi connectivity index (χ1) is 6.83. The summed E-state index contributed by atoms with van der Waals surface area (Å²) in [6.07, 6.45) is 7.27. The molecule has 0 aliphatic rings. The molecule has 0 bridgehead atoms. The lowest BCUT2D eigenvalue weighted by atomic mass is 10.2. The van der Waals surface area contributed by atoms with Gasteiger partial charge in [-0.3, -0.25) is 0 Å². The molecule has 1 N–H and O–H groups in total. The molecule has 14 heavy (non-hydrogen) atoms. The molecule has 0 spiro atoms. The van der Waals surface area contributed by atoms with E-state index in [1.54, 1.807) is 0 Å². The second-order valence-corrected chi connectivity index (χ2v) is 3.49. The number of benzene rings is 1. The minimum atomic E-state index is 0.761. The molecule has 0 atom stereocenters. The van der Waals surface area contributed by atoms with Crippen molar-refractivity contribution in [2.24, 2.45) is 0 Å². The van der Waals surface area contributed by atoms with Crippen LogP contribution in [0, 0.1) is 6.92 Å². The molecule has 0 unspecified atom stereocenters. The van der Waals surface area contributed by atoms with Crippen LogP contribution in [0.2, 0.25) is 5.02 Å². The van der Waals surface area contributed by atoms with E-state index in [1.165, 1.54) is 0 Å². The SMILES string of the molecule is [CH2]CCCC=CNc1ccc(Cl)cc1. The normalized spacial score (nSPS) is 10.7. The first-order valence-electron chi connectivity index (χ1n) is 4.79. The van der Waals surface area contributed by atoms with Crippen molar-refractivity contribution in [2.45, 2.75) is 19.3 Å². The van der Waals surface area contributed by atoms with Gasteiger partial charge in [-0.05, 0) is 43.3 Å². The van der Waals surface area contributed by atoms with Gasteiger partial charge in [0.05, 0.1) is 0 Å². The minimum absolute atomic E-state index is 0.761. The van der Waals surface area contributed by atoms with Gasteiger partial charge in [-0.2, -0.15) is 0 Å². The Balaban J connectivity index is 2.30. The summed E-state index contributed by atoms with van der Waals surface area (Å²) in [5.74, 6) is 0. The molecule has 1 rings (SSSR count). The van der Waals surface area contributed by atoms with E-state index in [-0.39, 0.29) is 0 Å². The highest BCUT2D eigenvalue weighted by molar-refractivity contribution is 6.30. The highest BCUT2D eigenvalue weighted by Gasteiger charge is 1.87. The average Bonchev–Trinajstić information content (AvgIpc) is 2.21. The summed E-state index contributed by atoms with van der Waals surface area (Å²) in [5, 5.41) is 3.93. The Morgan fingerprint density at radius 2 is 2.00 bits per heavy atom. The minimum Gasteiger partial charge on any atom is -0.362 e. The topological polar surface area (TPSA) is 12.0 Å². The largest absolute Gasteiger partial charge is 0.362 e. The standard InChI is InChI=1S/C12H15ClN/c1-2-3-4-5-10-14-12-8-6-11(13)7-9-12/h5-10,14H,1-4H2. The molecule has 0 heterocycles. The zero-order valence-corrected chi connectivity index (χ0v) is 8.93. The second-order valence-electron chi connectivity index (χ2n) is 3.05. The highest BCUT2D eigenvalue weighted by Crippen LogP contribution is 2.13. The van der Waals surface area contributed by atoms with Crippen LogP contribution in [0.3, 0.4) is 0 Å². The van der Waals surface area contributed by atoms with Gasteiger partial charge in [0.2, 0.25) is 0 Å². The van der Waals surface area contributed by atoms with Crippen molar-refractivity contribution >= 4 is 17.3 Å². The quantitative estimate of drug-likeness (QED) is 0.713. The number of allylic oxidation sites excluding steroid dienone is 1. The average molecular weight is 209 g/mol. The first kappa shape index (κ1) is 11.1. The Hall–Kier alpha value is -0.950. The molecular weight excluding hydrogens is 194 g/mol. The van der Waals surface area contributed by atoms with Gasteiger partial charge in [0.1, 0.15) is 0 Å². The zero-order chi connectivity index (χ0) is 10.2. The molecule has 1 aromatic carbocycles. The lowest BCUT2D eigenvalue weighted by Gasteiger charge is -1.99. The maximum absolute atomic E-state index is 5.76. The summed E-state index contributed by atoms with van der Waals surface area (Å²) < 4.78 is 0. The maximum Gasteiger partial charge on any atom is 0.0407 e. The number of hydrogen-bond acceptors (Lipinski definition) is 1. The molecule has 0 aliphatic carbocycles. The fourth-order valence-corrected chi connectivity index (χ4v) is 1.17. The van der Waals surface area contributed by atoms with Gasteiger partial charge in [0.25, 0.3) is 0 Å². The summed E-state index contributed by atoms with van der Waals surface area (Å²) in [6, 6.07) is 7.64. The molecule has 75 valence electrons. The number of nitrogens with one attached hydrogen (secondary N) is 1. The molecule has 1 radical (unpaired) electrons. The number of halogens is 1. The number of rotatable bonds is 5. The van der Waals surface area contributed by atoms with Crippen molar-refractivity contribution in [1.82, 2.24) is 0 Å². The van der Waals surface area contributed by atoms with Crippen LogP contribution < -0.4 is 5.32 Å². The van der Waals surface area contributed by atoms with E-state index < -0.39 is 0 Å². The number of anilines is 1. The van der Waals surface area contributed by atoms with Gasteiger partial charge >= 0.3 is 0 Å². The molecule has 0 saturated heterocycles. The molecular formula is C12H15ClN. The van der Waals surface area contributed by atoms with Gasteiger partial charge in [0.15, 0.2) is 0 Å². The van der Waals surface area contributed by atoms with E-state index in [0.717, 1.165) is 30.0 Å². The van der Waals surface area contributed by atoms with E-state index in [1.807, 2.05) is 30.5 Å². The van der Waals surface area contributed by atoms with Crippen molar-refractivity contribution < 1.29 is 0 Å². The Bertz CT molecular complexity index is 277. The van der Waals surface area contributed by atoms with E-state index in [4.69, 9.17) is 11.6 Å². The molecule has 2 heteroatoms. The molecule has 0 amide bonds. The predicted octanol–water partition coefficient (Wildman–Crippen LogP) is 4.27. The summed E-state index contributed by atoms with van der Waals surface area (Å²) in [6.45, 7) is 3.78. The fourth-order valence-electron chi connectivity index (χ4n) is 1.05. The Kier molecular flexibility index (Phi) is 5.16. The van der Waals surface area contributed by atoms with Crippen LogP contribution in [0.4, 0.5) is 5.69 Å². The molecule has 0 fully saturated rings. The summed E-state index contributed by atoms with van der Waals surface area (Å²) in [4.78, 5) is 0. The van der Waals surface area contributed by atoms with Crippen LogP contribution in [-0.2, 0) is 0 Å². The molecule has 0 saturated carbocycles. The zero-order valence-electron chi connectivity index (χ0n) is 8.17. The molecule has 1 aromatic rings. The molecule has 1 nitrogen and oxygen atoms in total. The lowest BCUT2D eigenvalue weighted by Crippen LogP contribution is -1.85. The van der Waals surface area contributed by atoms with Crippen LogP contribution in [0.1, 0.15) is 19.3 Å². The lowest BCUT2D eigenvalue weighted by molar-refractivity contribution is 0.865. The summed E-state index contributed by atoms with van der Waals surface area (Å²) in [7, 11) is 0. The monoisotopic (exact) mass is 208 g/mol. The highest BCUT2D eigenvalue weighted by atomic mass is 35.5. The van der Waals surface area contributed by atoms with Crippen molar-refractivity contribution in [3.8, 4) is 0 Å². The van der Waals surface area contributed by atoms with Crippen LogP contribution in [0.15, 0.2) is 36.5 Å². The Morgan fingerprint density at radius 3 is 2.64 bits per heavy atom. The van der Waals surface area contributed by atoms with Crippen molar-refractivity contribution in [3.05, 3.63) is 48.5 Å². The van der Waals surface area contributed by atoms with Gasteiger partial charge in [-0.15, -0.1) is 0 Å². The van der Waals surface area contributed by atoms with Gasteiger partial charge in [-0.25, -0.2) is 0 Å². The van der Waals surface area contributed by atoms with Crippen LogP contribution in [-0.4, -0.2) is 0 Å². The summed E-state index contributed by atoms with van der Waals surface area (Å²) >= 11 is 5.76. The van der Waals surface area contributed by atoms with E-state index in [2.05, 4.69) is 18.3 Å². The maximum atomic E-state index is 5.76. The first-order valence-corrected chi connectivity index (χ1v) is 5.17. The number of unbranched alkanes of at least 4 members (excludes halogenated alkanes) is 2. The fraction of sp³-hybridized carbons (Fsp3) is 0.250. The molecule has 0 aromatic heterocycles.